The molecule has 7 heteroatoms. The Labute approximate surface area is 155 Å². The molecule has 3 N–H and O–H groups in total. The summed E-state index contributed by atoms with van der Waals surface area (Å²) in [5.74, 6) is 1.13. The highest BCUT2D eigenvalue weighted by Crippen LogP contribution is 2.24. The van der Waals surface area contributed by atoms with Gasteiger partial charge in [-0.2, -0.15) is 0 Å². The molecule has 0 aliphatic heterocycles. The second-order valence-electron chi connectivity index (χ2n) is 6.04. The minimum atomic E-state index is -0.259. The summed E-state index contributed by atoms with van der Waals surface area (Å²) in [7, 11) is 1.62. The quantitative estimate of drug-likeness (QED) is 0.569. The number of ether oxygens (including phenoxy) is 1. The molecule has 4 rings (SSSR count). The van der Waals surface area contributed by atoms with Crippen LogP contribution in [0.4, 0.5) is 5.69 Å². The van der Waals surface area contributed by atoms with Crippen LogP contribution in [0.1, 0.15) is 16.1 Å². The van der Waals surface area contributed by atoms with E-state index in [1.54, 1.807) is 19.4 Å². The average Bonchev–Trinajstić information content (AvgIpc) is 3.31. The van der Waals surface area contributed by atoms with Crippen LogP contribution in [0.25, 0.3) is 16.8 Å². The lowest BCUT2D eigenvalue weighted by Gasteiger charge is -2.01. The minimum Gasteiger partial charge on any atom is -0.497 e. The number of carbonyl (C=O) groups excluding carboxylic acids is 1. The van der Waals surface area contributed by atoms with Crippen LogP contribution in [0.2, 0.25) is 0 Å². The van der Waals surface area contributed by atoms with Gasteiger partial charge >= 0.3 is 0 Å². The van der Waals surface area contributed by atoms with Crippen LogP contribution >= 0.6 is 0 Å². The Morgan fingerprint density at radius 3 is 2.81 bits per heavy atom. The normalized spacial score (nSPS) is 10.9. The maximum absolute atomic E-state index is 12.5. The van der Waals surface area contributed by atoms with E-state index in [0.717, 1.165) is 16.8 Å². The van der Waals surface area contributed by atoms with E-state index in [2.05, 4.69) is 10.5 Å². The Balaban J connectivity index is 1.46. The van der Waals surface area contributed by atoms with Gasteiger partial charge in [0.15, 0.2) is 5.76 Å². The number of hydrogen-bond donors (Lipinski definition) is 2. The zero-order valence-corrected chi connectivity index (χ0v) is 14.7. The highest BCUT2D eigenvalue weighted by molar-refractivity contribution is 6.03. The van der Waals surface area contributed by atoms with Crippen LogP contribution in [-0.2, 0) is 6.54 Å². The molecule has 4 aromatic rings. The molecule has 0 atom stereocenters. The van der Waals surface area contributed by atoms with Gasteiger partial charge in [-0.05, 0) is 36.4 Å². The molecule has 0 saturated carbocycles. The van der Waals surface area contributed by atoms with Crippen molar-refractivity contribution in [3.8, 4) is 17.1 Å². The maximum Gasteiger partial charge on any atom is 0.255 e. The summed E-state index contributed by atoms with van der Waals surface area (Å²) in [5, 5.41) is 6.83. The fourth-order valence-corrected chi connectivity index (χ4v) is 2.88. The summed E-state index contributed by atoms with van der Waals surface area (Å²) in [6.07, 6.45) is 3.56. The molecule has 1 aromatic carbocycles. The van der Waals surface area contributed by atoms with Crippen LogP contribution in [-0.4, -0.2) is 22.6 Å². The molecule has 0 aliphatic rings. The molecule has 0 saturated heterocycles. The van der Waals surface area contributed by atoms with E-state index < -0.39 is 0 Å². The number of pyridine rings is 1. The minimum absolute atomic E-state index is 0.240. The summed E-state index contributed by atoms with van der Waals surface area (Å²) in [6.45, 7) is 0.240. The molecular weight excluding hydrogens is 344 g/mol. The zero-order valence-electron chi connectivity index (χ0n) is 14.7. The van der Waals surface area contributed by atoms with Gasteiger partial charge in [0, 0.05) is 24.0 Å². The first-order chi connectivity index (χ1) is 13.2. The Kier molecular flexibility index (Phi) is 4.25. The Bertz CT molecular complexity index is 1100. The van der Waals surface area contributed by atoms with Crippen molar-refractivity contribution in [1.82, 2.24) is 14.9 Å². The fraction of sp³-hybridized carbons (Fsp3) is 0.100. The van der Waals surface area contributed by atoms with Gasteiger partial charge < -0.3 is 24.7 Å². The number of hydrogen-bond acceptors (Lipinski definition) is 5. The number of amides is 1. The lowest BCUT2D eigenvalue weighted by Crippen LogP contribution is -2.23. The summed E-state index contributed by atoms with van der Waals surface area (Å²) in [5.41, 5.74) is 9.27. The van der Waals surface area contributed by atoms with Crippen molar-refractivity contribution >= 4 is 17.1 Å². The molecule has 3 aromatic heterocycles. The number of nitrogens with two attached hydrogens (primary N) is 1. The zero-order chi connectivity index (χ0) is 18.8. The average molecular weight is 362 g/mol. The van der Waals surface area contributed by atoms with Crippen molar-refractivity contribution in [2.75, 3.05) is 12.8 Å². The SMILES string of the molecule is COc1ccc(-c2cc(CNC(=O)c3cn4ccccc4c3N)no2)cc1. The van der Waals surface area contributed by atoms with Crippen LogP contribution in [0.15, 0.2) is 65.4 Å². The predicted molar refractivity (Wildman–Crippen MR) is 101 cm³/mol. The van der Waals surface area contributed by atoms with Gasteiger partial charge in [-0.15, -0.1) is 0 Å². The summed E-state index contributed by atoms with van der Waals surface area (Å²) in [6, 6.07) is 14.9. The van der Waals surface area contributed by atoms with Gasteiger partial charge in [-0.25, -0.2) is 0 Å². The van der Waals surface area contributed by atoms with Gasteiger partial charge in [0.2, 0.25) is 0 Å². The molecule has 0 radical (unpaired) electrons. The smallest absolute Gasteiger partial charge is 0.255 e. The van der Waals surface area contributed by atoms with Crippen molar-refractivity contribution in [1.29, 1.82) is 0 Å². The molecule has 1 amide bonds. The van der Waals surface area contributed by atoms with E-state index in [4.69, 9.17) is 15.0 Å². The van der Waals surface area contributed by atoms with Crippen LogP contribution in [0.5, 0.6) is 5.75 Å². The molecule has 27 heavy (non-hydrogen) atoms. The number of anilines is 1. The van der Waals surface area contributed by atoms with Crippen molar-refractivity contribution in [2.24, 2.45) is 0 Å². The molecule has 0 spiro atoms. The first kappa shape index (κ1) is 16.7. The number of benzene rings is 1. The van der Waals surface area contributed by atoms with E-state index in [9.17, 15) is 4.79 Å². The maximum atomic E-state index is 12.5. The first-order valence-electron chi connectivity index (χ1n) is 8.39. The lowest BCUT2D eigenvalue weighted by atomic mass is 10.1. The molecule has 0 unspecified atom stereocenters. The molecule has 0 aliphatic carbocycles. The number of carbonyl (C=O) groups is 1. The van der Waals surface area contributed by atoms with Crippen molar-refractivity contribution < 1.29 is 14.1 Å². The molecule has 0 fully saturated rings. The van der Waals surface area contributed by atoms with Crippen molar-refractivity contribution in [3.05, 3.63) is 72.2 Å². The molecule has 3 heterocycles. The summed E-state index contributed by atoms with van der Waals surface area (Å²) in [4.78, 5) is 12.5. The number of methoxy groups -OCH3 is 1. The molecule has 0 bridgehead atoms. The van der Waals surface area contributed by atoms with Crippen LogP contribution in [0, 0.1) is 0 Å². The van der Waals surface area contributed by atoms with E-state index in [1.807, 2.05) is 53.1 Å². The first-order valence-corrected chi connectivity index (χ1v) is 8.39. The number of nitrogens with zero attached hydrogens (tertiary/aromatic N) is 2. The summed E-state index contributed by atoms with van der Waals surface area (Å²) >= 11 is 0. The fourth-order valence-electron chi connectivity index (χ4n) is 2.88. The second-order valence-corrected chi connectivity index (χ2v) is 6.04. The van der Waals surface area contributed by atoms with E-state index in [1.165, 1.54) is 0 Å². The largest absolute Gasteiger partial charge is 0.497 e. The number of nitrogen functional groups attached to an aromatic ring is 1. The van der Waals surface area contributed by atoms with Crippen LogP contribution in [0.3, 0.4) is 0 Å². The Morgan fingerprint density at radius 2 is 2.07 bits per heavy atom. The van der Waals surface area contributed by atoms with Gasteiger partial charge in [-0.3, -0.25) is 4.79 Å². The van der Waals surface area contributed by atoms with Crippen LogP contribution < -0.4 is 15.8 Å². The lowest BCUT2D eigenvalue weighted by molar-refractivity contribution is 0.0951. The summed E-state index contributed by atoms with van der Waals surface area (Å²) < 4.78 is 12.3. The monoisotopic (exact) mass is 362 g/mol. The number of nitrogens with one attached hydrogen (secondary N) is 1. The standard InChI is InChI=1S/C20H18N4O3/c1-26-15-7-5-13(6-8-15)18-10-14(23-27-18)11-22-20(25)16-12-24-9-3-2-4-17(24)19(16)21/h2-10,12H,11,21H2,1H3,(H,22,25). The van der Waals surface area contributed by atoms with Crippen molar-refractivity contribution in [3.63, 3.8) is 0 Å². The van der Waals surface area contributed by atoms with E-state index in [-0.39, 0.29) is 12.5 Å². The Hall–Kier alpha value is -3.74. The van der Waals surface area contributed by atoms with E-state index in [0.29, 0.717) is 22.7 Å². The number of rotatable bonds is 5. The topological polar surface area (TPSA) is 94.8 Å². The second kappa shape index (κ2) is 6.87. The molecular formula is C20H18N4O3. The van der Waals surface area contributed by atoms with Gasteiger partial charge in [0.05, 0.1) is 30.4 Å². The van der Waals surface area contributed by atoms with Gasteiger partial charge in [0.25, 0.3) is 5.91 Å². The highest BCUT2D eigenvalue weighted by Gasteiger charge is 2.15. The number of fused-ring (bicyclic) bond motifs is 1. The van der Waals surface area contributed by atoms with E-state index >= 15 is 0 Å². The molecule has 7 nitrogen and oxygen atoms in total. The van der Waals surface area contributed by atoms with Gasteiger partial charge in [0.1, 0.15) is 11.4 Å². The highest BCUT2D eigenvalue weighted by atomic mass is 16.5. The van der Waals surface area contributed by atoms with Gasteiger partial charge in [-0.1, -0.05) is 11.2 Å². The third kappa shape index (κ3) is 3.22. The molecule has 136 valence electrons. The van der Waals surface area contributed by atoms with Crippen molar-refractivity contribution in [2.45, 2.75) is 6.54 Å². The third-order valence-electron chi connectivity index (χ3n) is 4.33. The number of aromatic nitrogens is 2. The Morgan fingerprint density at radius 1 is 1.26 bits per heavy atom. The predicted octanol–water partition coefficient (Wildman–Crippen LogP) is 3.12. The third-order valence-corrected chi connectivity index (χ3v) is 4.33.